The Kier molecular flexibility index (Phi) is 15.0. The van der Waals surface area contributed by atoms with Crippen LogP contribution in [0.4, 0.5) is 8.78 Å². The highest BCUT2D eigenvalue weighted by Crippen LogP contribution is 1.95. The molecule has 0 heterocycles. The van der Waals surface area contributed by atoms with Crippen molar-refractivity contribution in [1.29, 1.82) is 0 Å². The Morgan fingerprint density at radius 1 is 1.46 bits per heavy atom. The number of hydrogen-bond acceptors (Lipinski definition) is 4. The zero-order valence-electron chi connectivity index (χ0n) is 6.48. The largest absolute Gasteiger partial charge is 0.458 e. The average Bonchev–Trinajstić information content (AvgIpc) is 1.98. The highest BCUT2D eigenvalue weighted by Gasteiger charge is 2.14. The maximum Gasteiger partial charge on any atom is 0.323 e. The van der Waals surface area contributed by atoms with Crippen molar-refractivity contribution >= 4 is 43.4 Å². The number of alkyl halides is 2. The first-order valence-electron chi connectivity index (χ1n) is 2.89. The van der Waals surface area contributed by atoms with Crippen molar-refractivity contribution in [2.75, 3.05) is 12.4 Å². The molecule has 0 aromatic rings. The number of esters is 1. The van der Waals surface area contributed by atoms with Crippen molar-refractivity contribution in [2.45, 2.75) is 12.5 Å². The number of ether oxygens (including phenoxy) is 1. The fraction of sp³-hybridized carbons (Fsp3) is 0.800. The molecule has 82 valence electrons. The van der Waals surface area contributed by atoms with Crippen LogP contribution in [-0.2, 0) is 9.53 Å². The van der Waals surface area contributed by atoms with Gasteiger partial charge in [0.2, 0.25) is 0 Å². The molecule has 0 radical (unpaired) electrons. The van der Waals surface area contributed by atoms with Crippen LogP contribution in [0.3, 0.4) is 0 Å². The summed E-state index contributed by atoms with van der Waals surface area (Å²) in [5.41, 5.74) is 5.11. The van der Waals surface area contributed by atoms with Crippen molar-refractivity contribution in [3.8, 4) is 0 Å². The van der Waals surface area contributed by atoms with Gasteiger partial charge in [0.25, 0.3) is 6.43 Å². The zero-order valence-corrected chi connectivity index (χ0v) is 9.01. The minimum Gasteiger partial charge on any atom is -0.458 e. The lowest BCUT2D eigenvalue weighted by Crippen LogP contribution is -2.34. The maximum absolute atomic E-state index is 11.4. The third-order valence-electron chi connectivity index (χ3n) is 0.851. The normalized spacial score (nSPS) is 11.2. The smallest absolute Gasteiger partial charge is 0.323 e. The van der Waals surface area contributed by atoms with E-state index in [-0.39, 0.29) is 30.6 Å². The summed E-state index contributed by atoms with van der Waals surface area (Å²) < 4.78 is 26.9. The van der Waals surface area contributed by atoms with E-state index in [4.69, 9.17) is 5.73 Å². The van der Waals surface area contributed by atoms with Gasteiger partial charge in [-0.1, -0.05) is 0 Å². The van der Waals surface area contributed by atoms with Crippen LogP contribution in [0.1, 0.15) is 0 Å². The minimum atomic E-state index is -2.65. The fourth-order valence-corrected chi connectivity index (χ4v) is 0.476. The molecule has 0 saturated carbocycles. The number of nitrogens with two attached hydrogens (primary N) is 1. The summed E-state index contributed by atoms with van der Waals surface area (Å²) in [4.78, 5) is 10.5. The SMILES string of the molecule is Cl.Cl.N[C@@H](CS)C(=O)OCC(F)F. The van der Waals surface area contributed by atoms with Crippen molar-refractivity contribution in [1.82, 2.24) is 0 Å². The second-order valence-corrected chi connectivity index (χ2v) is 2.18. The molecule has 0 aliphatic heterocycles. The summed E-state index contributed by atoms with van der Waals surface area (Å²) in [7, 11) is 0. The van der Waals surface area contributed by atoms with E-state index in [1.165, 1.54) is 0 Å². The van der Waals surface area contributed by atoms with Crippen molar-refractivity contribution in [2.24, 2.45) is 5.73 Å². The van der Waals surface area contributed by atoms with Crippen LogP contribution >= 0.6 is 37.4 Å². The predicted molar refractivity (Wildman–Crippen MR) is 53.3 cm³/mol. The minimum absolute atomic E-state index is 0. The van der Waals surface area contributed by atoms with E-state index in [0.29, 0.717) is 0 Å². The average molecular weight is 258 g/mol. The van der Waals surface area contributed by atoms with E-state index >= 15 is 0 Å². The number of halogens is 4. The highest BCUT2D eigenvalue weighted by molar-refractivity contribution is 7.80. The lowest BCUT2D eigenvalue weighted by Gasteiger charge is -2.07. The lowest BCUT2D eigenvalue weighted by atomic mass is 10.4. The lowest BCUT2D eigenvalue weighted by molar-refractivity contribution is -0.148. The Morgan fingerprint density at radius 2 is 1.92 bits per heavy atom. The van der Waals surface area contributed by atoms with Gasteiger partial charge >= 0.3 is 5.97 Å². The van der Waals surface area contributed by atoms with Crippen molar-refractivity contribution < 1.29 is 18.3 Å². The Labute approximate surface area is 92.6 Å². The molecule has 3 nitrogen and oxygen atoms in total. The molecule has 0 aliphatic rings. The van der Waals surface area contributed by atoms with Crippen LogP contribution in [0.25, 0.3) is 0 Å². The number of rotatable bonds is 4. The fourth-order valence-electron chi connectivity index (χ4n) is 0.327. The third kappa shape index (κ3) is 10.1. The van der Waals surface area contributed by atoms with Gasteiger partial charge in [-0.05, 0) is 0 Å². The molecule has 0 fully saturated rings. The molecule has 0 saturated heterocycles. The van der Waals surface area contributed by atoms with E-state index < -0.39 is 25.0 Å². The molecular formula is C5H11Cl2F2NO2S. The molecule has 0 unspecified atom stereocenters. The first-order valence-corrected chi connectivity index (χ1v) is 3.52. The Bertz CT molecular complexity index is 142. The second kappa shape index (κ2) is 10.3. The molecule has 2 N–H and O–H groups in total. The van der Waals surface area contributed by atoms with Gasteiger partial charge in [-0.15, -0.1) is 24.8 Å². The summed E-state index contributed by atoms with van der Waals surface area (Å²) in [6, 6.07) is -0.919. The van der Waals surface area contributed by atoms with E-state index in [1.807, 2.05) is 0 Å². The Balaban J connectivity index is -0.000000500. The zero-order chi connectivity index (χ0) is 8.85. The van der Waals surface area contributed by atoms with Gasteiger partial charge in [-0.3, -0.25) is 4.79 Å². The van der Waals surface area contributed by atoms with Crippen LogP contribution in [0.5, 0.6) is 0 Å². The number of thiol groups is 1. The summed E-state index contributed by atoms with van der Waals surface area (Å²) in [5, 5.41) is 0. The van der Waals surface area contributed by atoms with Crippen LogP contribution in [0.2, 0.25) is 0 Å². The monoisotopic (exact) mass is 257 g/mol. The van der Waals surface area contributed by atoms with Crippen molar-refractivity contribution in [3.63, 3.8) is 0 Å². The first kappa shape index (κ1) is 18.9. The summed E-state index contributed by atoms with van der Waals surface area (Å²) >= 11 is 3.69. The Morgan fingerprint density at radius 3 is 2.23 bits per heavy atom. The number of carbonyl (C=O) groups is 1. The van der Waals surface area contributed by atoms with E-state index in [2.05, 4.69) is 17.4 Å². The van der Waals surface area contributed by atoms with Gasteiger partial charge in [0.15, 0.2) is 6.61 Å². The molecule has 0 bridgehead atoms. The van der Waals surface area contributed by atoms with Crippen LogP contribution < -0.4 is 5.73 Å². The van der Waals surface area contributed by atoms with E-state index in [1.54, 1.807) is 0 Å². The molecule has 1 atom stereocenters. The van der Waals surface area contributed by atoms with Gasteiger partial charge < -0.3 is 10.5 Å². The van der Waals surface area contributed by atoms with Gasteiger partial charge in [-0.25, -0.2) is 8.78 Å². The third-order valence-corrected chi connectivity index (χ3v) is 1.24. The van der Waals surface area contributed by atoms with Gasteiger partial charge in [0.1, 0.15) is 6.04 Å². The molecular weight excluding hydrogens is 247 g/mol. The molecule has 0 amide bonds. The van der Waals surface area contributed by atoms with Gasteiger partial charge in [-0.2, -0.15) is 12.6 Å². The number of hydrogen-bond donors (Lipinski definition) is 2. The molecule has 0 aliphatic carbocycles. The molecule has 13 heavy (non-hydrogen) atoms. The highest BCUT2D eigenvalue weighted by atomic mass is 35.5. The summed E-state index contributed by atoms with van der Waals surface area (Å²) in [5.74, 6) is -0.762. The van der Waals surface area contributed by atoms with Gasteiger partial charge in [0, 0.05) is 5.75 Å². The molecule has 0 aromatic carbocycles. The molecule has 0 aromatic heterocycles. The van der Waals surface area contributed by atoms with Crippen LogP contribution in [0, 0.1) is 0 Å². The molecule has 0 rings (SSSR count). The second-order valence-electron chi connectivity index (χ2n) is 1.81. The van der Waals surface area contributed by atoms with Crippen molar-refractivity contribution in [3.05, 3.63) is 0 Å². The molecule has 8 heteroatoms. The van der Waals surface area contributed by atoms with Crippen LogP contribution in [-0.4, -0.2) is 30.8 Å². The quantitative estimate of drug-likeness (QED) is 0.581. The standard InChI is InChI=1S/C5H9F2NO2S.2ClH/c6-4(7)1-10-5(9)3(8)2-11;;/h3-4,11H,1-2,8H2;2*1H/t3-;;/m0../s1. The number of carbonyl (C=O) groups excluding carboxylic acids is 1. The summed E-state index contributed by atoms with van der Waals surface area (Å²) in [6.45, 7) is -0.902. The first-order chi connectivity index (χ1) is 5.07. The molecule has 0 spiro atoms. The predicted octanol–water partition coefficient (Wildman–Crippen LogP) is 0.895. The Hall–Kier alpha value is 0.220. The van der Waals surface area contributed by atoms with E-state index in [9.17, 15) is 13.6 Å². The van der Waals surface area contributed by atoms with Gasteiger partial charge in [0.05, 0.1) is 0 Å². The topological polar surface area (TPSA) is 52.3 Å². The maximum atomic E-state index is 11.4. The summed E-state index contributed by atoms with van der Waals surface area (Å²) in [6.07, 6.45) is -2.65. The van der Waals surface area contributed by atoms with E-state index in [0.717, 1.165) is 0 Å². The van der Waals surface area contributed by atoms with Crippen LogP contribution in [0.15, 0.2) is 0 Å².